The van der Waals surface area contributed by atoms with Crippen molar-refractivity contribution in [3.8, 4) is 0 Å². The Bertz CT molecular complexity index is 766. The fourth-order valence-corrected chi connectivity index (χ4v) is 1.96. The number of hydrogen-bond acceptors (Lipinski definition) is 4. The molecule has 0 radical (unpaired) electrons. The summed E-state index contributed by atoms with van der Waals surface area (Å²) in [6.45, 7) is 1.38. The molecule has 120 valence electrons. The molecule has 0 saturated heterocycles. The summed E-state index contributed by atoms with van der Waals surface area (Å²) < 4.78 is 26.7. The smallest absolute Gasteiger partial charge is 0.269 e. The zero-order valence-electron chi connectivity index (χ0n) is 12.1. The lowest BCUT2D eigenvalue weighted by Gasteiger charge is -2.13. The molecule has 0 aliphatic carbocycles. The van der Waals surface area contributed by atoms with Crippen LogP contribution in [0.2, 0.25) is 0 Å². The zero-order chi connectivity index (χ0) is 17.0. The van der Waals surface area contributed by atoms with Gasteiger partial charge in [-0.25, -0.2) is 8.78 Å². The van der Waals surface area contributed by atoms with Gasteiger partial charge in [-0.15, -0.1) is 0 Å². The molecule has 2 N–H and O–H groups in total. The second-order valence-electron chi connectivity index (χ2n) is 4.77. The number of benzene rings is 2. The topological polar surface area (TPSA) is 84.3 Å². The fraction of sp³-hybridized carbons (Fsp3) is 0.133. The molecule has 0 aromatic heterocycles. The van der Waals surface area contributed by atoms with Crippen LogP contribution in [0.5, 0.6) is 0 Å². The molecule has 2 aromatic carbocycles. The quantitative estimate of drug-likeness (QED) is 0.652. The van der Waals surface area contributed by atoms with Crippen molar-refractivity contribution >= 4 is 23.0 Å². The van der Waals surface area contributed by atoms with Crippen LogP contribution in [-0.2, 0) is 11.3 Å². The maximum atomic E-state index is 13.4. The van der Waals surface area contributed by atoms with Crippen LogP contribution in [0, 0.1) is 21.7 Å². The van der Waals surface area contributed by atoms with Gasteiger partial charge in [0.25, 0.3) is 5.69 Å². The SMILES string of the molecule is CC(=O)Nc1cc(F)c(F)cc1NCc1cccc([N+](=O)[O-])c1. The van der Waals surface area contributed by atoms with Gasteiger partial charge < -0.3 is 10.6 Å². The number of non-ortho nitro benzene ring substituents is 1. The van der Waals surface area contributed by atoms with Crippen LogP contribution >= 0.6 is 0 Å². The molecule has 2 rings (SSSR count). The van der Waals surface area contributed by atoms with Crippen molar-refractivity contribution in [3.05, 3.63) is 63.7 Å². The lowest BCUT2D eigenvalue weighted by Crippen LogP contribution is -2.10. The summed E-state index contributed by atoms with van der Waals surface area (Å²) in [5.74, 6) is -2.59. The third-order valence-corrected chi connectivity index (χ3v) is 2.98. The first kappa shape index (κ1) is 16.3. The molecule has 0 spiro atoms. The molecule has 0 fully saturated rings. The van der Waals surface area contributed by atoms with E-state index in [1.807, 2.05) is 0 Å². The number of carbonyl (C=O) groups is 1. The summed E-state index contributed by atoms with van der Waals surface area (Å²) in [5.41, 5.74) is 0.766. The number of anilines is 2. The summed E-state index contributed by atoms with van der Waals surface area (Å²) in [6, 6.07) is 7.67. The number of rotatable bonds is 5. The number of hydrogen-bond donors (Lipinski definition) is 2. The summed E-state index contributed by atoms with van der Waals surface area (Å²) in [4.78, 5) is 21.3. The Kier molecular flexibility index (Phi) is 4.85. The van der Waals surface area contributed by atoms with Crippen LogP contribution in [0.25, 0.3) is 0 Å². The van der Waals surface area contributed by atoms with Gasteiger partial charge in [0.2, 0.25) is 5.91 Å². The first-order chi connectivity index (χ1) is 10.9. The molecule has 0 heterocycles. The van der Waals surface area contributed by atoms with Crippen LogP contribution in [0.1, 0.15) is 12.5 Å². The Morgan fingerprint density at radius 2 is 1.83 bits per heavy atom. The monoisotopic (exact) mass is 321 g/mol. The third kappa shape index (κ3) is 4.22. The second-order valence-corrected chi connectivity index (χ2v) is 4.77. The molecule has 8 heteroatoms. The Hall–Kier alpha value is -3.03. The van der Waals surface area contributed by atoms with E-state index >= 15 is 0 Å². The average molecular weight is 321 g/mol. The van der Waals surface area contributed by atoms with E-state index in [2.05, 4.69) is 10.6 Å². The van der Waals surface area contributed by atoms with E-state index < -0.39 is 22.5 Å². The molecule has 23 heavy (non-hydrogen) atoms. The van der Waals surface area contributed by atoms with Gasteiger partial charge in [0.15, 0.2) is 11.6 Å². The number of nitrogens with zero attached hydrogens (tertiary/aromatic N) is 1. The highest BCUT2D eigenvalue weighted by molar-refractivity contribution is 5.92. The van der Waals surface area contributed by atoms with Crippen molar-refractivity contribution in [1.29, 1.82) is 0 Å². The van der Waals surface area contributed by atoms with Gasteiger partial charge >= 0.3 is 0 Å². The highest BCUT2D eigenvalue weighted by Crippen LogP contribution is 2.26. The van der Waals surface area contributed by atoms with Crippen LogP contribution in [0.3, 0.4) is 0 Å². The Labute approximate surface area is 130 Å². The molecule has 1 amide bonds. The van der Waals surface area contributed by atoms with E-state index in [9.17, 15) is 23.7 Å². The van der Waals surface area contributed by atoms with Gasteiger partial charge in [0, 0.05) is 37.7 Å². The van der Waals surface area contributed by atoms with E-state index in [4.69, 9.17) is 0 Å². The van der Waals surface area contributed by atoms with Crippen molar-refractivity contribution in [2.75, 3.05) is 10.6 Å². The summed E-state index contributed by atoms with van der Waals surface area (Å²) in [5, 5.41) is 15.9. The highest BCUT2D eigenvalue weighted by atomic mass is 19.2. The second kappa shape index (κ2) is 6.82. The van der Waals surface area contributed by atoms with Gasteiger partial charge in [-0.2, -0.15) is 0 Å². The molecule has 0 aliphatic rings. The molecular formula is C15H13F2N3O3. The fourth-order valence-electron chi connectivity index (χ4n) is 1.96. The van der Waals surface area contributed by atoms with Crippen LogP contribution in [-0.4, -0.2) is 10.8 Å². The molecule has 0 atom stereocenters. The minimum absolute atomic E-state index is 0.0725. The molecular weight excluding hydrogens is 308 g/mol. The van der Waals surface area contributed by atoms with Crippen LogP contribution < -0.4 is 10.6 Å². The Morgan fingerprint density at radius 1 is 1.17 bits per heavy atom. The predicted octanol–water partition coefficient (Wildman–Crippen LogP) is 3.44. The Balaban J connectivity index is 2.22. The Morgan fingerprint density at radius 3 is 2.43 bits per heavy atom. The number of nitrogens with one attached hydrogen (secondary N) is 2. The van der Waals surface area contributed by atoms with Crippen LogP contribution in [0.4, 0.5) is 25.8 Å². The highest BCUT2D eigenvalue weighted by Gasteiger charge is 2.12. The average Bonchev–Trinajstić information content (AvgIpc) is 2.49. The number of halogens is 2. The number of nitro benzene ring substituents is 1. The third-order valence-electron chi connectivity index (χ3n) is 2.98. The maximum Gasteiger partial charge on any atom is 0.269 e. The number of carbonyl (C=O) groups excluding carboxylic acids is 1. The molecule has 0 unspecified atom stereocenters. The van der Waals surface area contributed by atoms with E-state index in [1.54, 1.807) is 6.07 Å². The van der Waals surface area contributed by atoms with E-state index in [-0.39, 0.29) is 23.6 Å². The molecule has 2 aromatic rings. The van der Waals surface area contributed by atoms with Gasteiger partial charge in [-0.3, -0.25) is 14.9 Å². The number of nitro groups is 1. The maximum absolute atomic E-state index is 13.4. The summed E-state index contributed by atoms with van der Waals surface area (Å²) in [7, 11) is 0. The van der Waals surface area contributed by atoms with Crippen LogP contribution in [0.15, 0.2) is 36.4 Å². The first-order valence-electron chi connectivity index (χ1n) is 6.60. The zero-order valence-corrected chi connectivity index (χ0v) is 12.1. The number of amides is 1. The van der Waals surface area contributed by atoms with Crippen molar-refractivity contribution in [1.82, 2.24) is 0 Å². The summed E-state index contributed by atoms with van der Waals surface area (Å²) in [6.07, 6.45) is 0. The van der Waals surface area contributed by atoms with E-state index in [0.717, 1.165) is 12.1 Å². The summed E-state index contributed by atoms with van der Waals surface area (Å²) >= 11 is 0. The van der Waals surface area contributed by atoms with Crippen molar-refractivity contribution in [2.24, 2.45) is 0 Å². The van der Waals surface area contributed by atoms with E-state index in [0.29, 0.717) is 5.56 Å². The lowest BCUT2D eigenvalue weighted by molar-refractivity contribution is -0.384. The van der Waals surface area contributed by atoms with Gasteiger partial charge in [0.05, 0.1) is 16.3 Å². The van der Waals surface area contributed by atoms with Gasteiger partial charge in [-0.1, -0.05) is 12.1 Å². The molecule has 0 bridgehead atoms. The largest absolute Gasteiger partial charge is 0.379 e. The van der Waals surface area contributed by atoms with Crippen molar-refractivity contribution in [3.63, 3.8) is 0 Å². The minimum Gasteiger partial charge on any atom is -0.379 e. The molecule has 0 saturated carbocycles. The van der Waals surface area contributed by atoms with E-state index in [1.165, 1.54) is 25.1 Å². The van der Waals surface area contributed by atoms with Gasteiger partial charge in [0.1, 0.15) is 0 Å². The first-order valence-corrected chi connectivity index (χ1v) is 6.60. The standard InChI is InChI=1S/C15H13F2N3O3/c1-9(21)19-15-7-13(17)12(16)6-14(15)18-8-10-3-2-4-11(5-10)20(22)23/h2-7,18H,8H2,1H3,(H,19,21). The van der Waals surface area contributed by atoms with Crippen molar-refractivity contribution < 1.29 is 18.5 Å². The lowest BCUT2D eigenvalue weighted by atomic mass is 10.2. The minimum atomic E-state index is -1.09. The van der Waals surface area contributed by atoms with Gasteiger partial charge in [-0.05, 0) is 5.56 Å². The normalized spacial score (nSPS) is 10.2. The van der Waals surface area contributed by atoms with Crippen molar-refractivity contribution in [2.45, 2.75) is 13.5 Å². The molecule has 0 aliphatic heterocycles. The molecule has 6 nitrogen and oxygen atoms in total. The predicted molar refractivity (Wildman–Crippen MR) is 81.1 cm³/mol.